The second-order valence-corrected chi connectivity index (χ2v) is 8.81. The number of likely N-dealkylation sites (tertiary alicyclic amines) is 1. The molecule has 1 aliphatic carbocycles. The van der Waals surface area contributed by atoms with E-state index in [1.54, 1.807) is 0 Å². The number of rotatable bonds is 1. The summed E-state index contributed by atoms with van der Waals surface area (Å²) in [4.78, 5) is 14.7. The number of carbonyl (C=O) groups is 1. The molecule has 0 bridgehead atoms. The zero-order valence-corrected chi connectivity index (χ0v) is 15.6. The fraction of sp³-hybridized carbons (Fsp3) is 0.947. The molecule has 1 unspecified atom stereocenters. The van der Waals surface area contributed by atoms with Crippen LogP contribution in [-0.2, 0) is 9.47 Å². The molecule has 1 N–H and O–H groups in total. The zero-order chi connectivity index (χ0) is 17.2. The zero-order valence-electron chi connectivity index (χ0n) is 15.6. The summed E-state index contributed by atoms with van der Waals surface area (Å²) in [5.41, 5.74) is 0.339. The molecule has 1 spiro atoms. The van der Waals surface area contributed by atoms with E-state index >= 15 is 0 Å². The minimum Gasteiger partial charge on any atom is -0.348 e. The van der Waals surface area contributed by atoms with Gasteiger partial charge in [0.15, 0.2) is 5.79 Å². The van der Waals surface area contributed by atoms with Gasteiger partial charge in [0, 0.05) is 32.0 Å². The first-order chi connectivity index (χ1) is 11.4. The quantitative estimate of drug-likeness (QED) is 0.796. The Kier molecular flexibility index (Phi) is 5.40. The van der Waals surface area contributed by atoms with Gasteiger partial charge < -0.3 is 19.7 Å². The van der Waals surface area contributed by atoms with Crippen LogP contribution in [-0.4, -0.2) is 49.1 Å². The Balaban J connectivity index is 1.45. The number of hydrogen-bond acceptors (Lipinski definition) is 3. The van der Waals surface area contributed by atoms with Gasteiger partial charge in [0.2, 0.25) is 0 Å². The van der Waals surface area contributed by atoms with E-state index in [1.807, 2.05) is 4.90 Å². The van der Waals surface area contributed by atoms with Gasteiger partial charge in [-0.3, -0.25) is 0 Å². The lowest BCUT2D eigenvalue weighted by Gasteiger charge is -2.36. The minimum absolute atomic E-state index is 0.124. The van der Waals surface area contributed by atoms with E-state index in [0.717, 1.165) is 51.6 Å². The van der Waals surface area contributed by atoms with E-state index in [9.17, 15) is 4.79 Å². The predicted molar refractivity (Wildman–Crippen MR) is 93.8 cm³/mol. The van der Waals surface area contributed by atoms with Crippen molar-refractivity contribution in [3.8, 4) is 0 Å². The lowest BCUT2D eigenvalue weighted by atomic mass is 9.77. The highest BCUT2D eigenvalue weighted by Crippen LogP contribution is 2.36. The molecule has 1 atom stereocenters. The fourth-order valence-corrected chi connectivity index (χ4v) is 4.42. The standard InChI is InChI=1S/C19H34N2O3/c1-18(2,3)15-5-4-11-21(12-8-15)17(22)20-16-6-9-19(10-7-16)23-13-14-24-19/h15-16H,4-14H2,1-3H3,(H,20,22). The van der Waals surface area contributed by atoms with E-state index in [4.69, 9.17) is 9.47 Å². The largest absolute Gasteiger partial charge is 0.348 e. The molecule has 3 fully saturated rings. The maximum atomic E-state index is 12.6. The van der Waals surface area contributed by atoms with Crippen molar-refractivity contribution in [1.29, 1.82) is 0 Å². The average Bonchev–Trinajstić information content (AvgIpc) is 2.82. The number of nitrogens with one attached hydrogen (secondary N) is 1. The van der Waals surface area contributed by atoms with Gasteiger partial charge in [-0.2, -0.15) is 0 Å². The Bertz CT molecular complexity index is 430. The molecule has 2 amide bonds. The van der Waals surface area contributed by atoms with Crippen LogP contribution in [0.4, 0.5) is 4.79 Å². The SMILES string of the molecule is CC(C)(C)C1CCCN(C(=O)NC2CCC3(CC2)OCCO3)CC1. The van der Waals surface area contributed by atoms with Crippen LogP contribution in [0.15, 0.2) is 0 Å². The van der Waals surface area contributed by atoms with Gasteiger partial charge in [0.05, 0.1) is 13.2 Å². The summed E-state index contributed by atoms with van der Waals surface area (Å²) in [6.07, 6.45) is 7.15. The van der Waals surface area contributed by atoms with Crippen LogP contribution < -0.4 is 5.32 Å². The first-order valence-electron chi connectivity index (χ1n) is 9.71. The van der Waals surface area contributed by atoms with Gasteiger partial charge in [0.1, 0.15) is 0 Å². The first-order valence-corrected chi connectivity index (χ1v) is 9.71. The lowest BCUT2D eigenvalue weighted by molar-refractivity contribution is -0.179. The van der Waals surface area contributed by atoms with Gasteiger partial charge in [-0.1, -0.05) is 20.8 Å². The molecule has 3 rings (SSSR count). The maximum Gasteiger partial charge on any atom is 0.317 e. The van der Waals surface area contributed by atoms with Crippen molar-refractivity contribution in [1.82, 2.24) is 10.2 Å². The second-order valence-electron chi connectivity index (χ2n) is 8.81. The van der Waals surface area contributed by atoms with Gasteiger partial charge in [-0.05, 0) is 43.4 Å². The summed E-state index contributed by atoms with van der Waals surface area (Å²) in [6, 6.07) is 0.386. The van der Waals surface area contributed by atoms with Crippen molar-refractivity contribution < 1.29 is 14.3 Å². The van der Waals surface area contributed by atoms with Crippen LogP contribution in [0, 0.1) is 11.3 Å². The van der Waals surface area contributed by atoms with Crippen LogP contribution in [0.5, 0.6) is 0 Å². The molecular weight excluding hydrogens is 304 g/mol. The number of hydrogen-bond donors (Lipinski definition) is 1. The molecule has 0 aromatic carbocycles. The number of carbonyl (C=O) groups excluding carboxylic acids is 1. The van der Waals surface area contributed by atoms with Crippen LogP contribution in [0.25, 0.3) is 0 Å². The van der Waals surface area contributed by atoms with E-state index < -0.39 is 0 Å². The van der Waals surface area contributed by atoms with Crippen LogP contribution >= 0.6 is 0 Å². The van der Waals surface area contributed by atoms with Crippen molar-refractivity contribution >= 4 is 6.03 Å². The summed E-state index contributed by atoms with van der Waals surface area (Å²) in [6.45, 7) is 10.1. The second kappa shape index (κ2) is 7.20. The van der Waals surface area contributed by atoms with Crippen molar-refractivity contribution in [3.63, 3.8) is 0 Å². The average molecular weight is 338 g/mol. The molecule has 0 aromatic rings. The minimum atomic E-state index is -0.343. The van der Waals surface area contributed by atoms with Crippen molar-refractivity contribution in [2.45, 2.75) is 77.5 Å². The van der Waals surface area contributed by atoms with Gasteiger partial charge in [0.25, 0.3) is 0 Å². The molecule has 3 aliphatic rings. The van der Waals surface area contributed by atoms with Crippen molar-refractivity contribution in [2.75, 3.05) is 26.3 Å². The highest BCUT2D eigenvalue weighted by molar-refractivity contribution is 5.74. The molecule has 138 valence electrons. The summed E-state index contributed by atoms with van der Waals surface area (Å²) in [5.74, 6) is 0.366. The first kappa shape index (κ1) is 18.0. The summed E-state index contributed by atoms with van der Waals surface area (Å²) >= 11 is 0. The molecule has 2 heterocycles. The summed E-state index contributed by atoms with van der Waals surface area (Å²) in [7, 11) is 0. The predicted octanol–water partition coefficient (Wildman–Crippen LogP) is 3.53. The molecule has 24 heavy (non-hydrogen) atoms. The van der Waals surface area contributed by atoms with Crippen LogP contribution in [0.3, 0.4) is 0 Å². The monoisotopic (exact) mass is 338 g/mol. The third kappa shape index (κ3) is 4.23. The van der Waals surface area contributed by atoms with E-state index in [-0.39, 0.29) is 17.9 Å². The third-order valence-corrected chi connectivity index (χ3v) is 6.13. The Morgan fingerprint density at radius 2 is 1.71 bits per heavy atom. The Hall–Kier alpha value is -0.810. The Morgan fingerprint density at radius 3 is 2.33 bits per heavy atom. The van der Waals surface area contributed by atoms with E-state index in [2.05, 4.69) is 26.1 Å². The number of nitrogens with zero attached hydrogens (tertiary/aromatic N) is 1. The molecule has 0 aromatic heterocycles. The Morgan fingerprint density at radius 1 is 1.04 bits per heavy atom. The number of ether oxygens (including phenoxy) is 2. The molecule has 2 saturated heterocycles. The number of urea groups is 1. The van der Waals surface area contributed by atoms with Gasteiger partial charge >= 0.3 is 6.03 Å². The third-order valence-electron chi connectivity index (χ3n) is 6.13. The normalized spacial score (nSPS) is 28.8. The maximum absolute atomic E-state index is 12.6. The summed E-state index contributed by atoms with van der Waals surface area (Å²) < 4.78 is 11.5. The lowest BCUT2D eigenvalue weighted by Crippen LogP contribution is -2.48. The van der Waals surface area contributed by atoms with E-state index in [0.29, 0.717) is 24.5 Å². The molecule has 1 saturated carbocycles. The Labute approximate surface area is 146 Å². The smallest absolute Gasteiger partial charge is 0.317 e. The van der Waals surface area contributed by atoms with Gasteiger partial charge in [-0.15, -0.1) is 0 Å². The topological polar surface area (TPSA) is 50.8 Å². The number of amides is 2. The van der Waals surface area contributed by atoms with Crippen molar-refractivity contribution in [2.24, 2.45) is 11.3 Å². The van der Waals surface area contributed by atoms with E-state index in [1.165, 1.54) is 6.42 Å². The van der Waals surface area contributed by atoms with Crippen molar-refractivity contribution in [3.05, 3.63) is 0 Å². The fourth-order valence-electron chi connectivity index (χ4n) is 4.42. The molecule has 5 nitrogen and oxygen atoms in total. The molecule has 5 heteroatoms. The summed E-state index contributed by atoms with van der Waals surface area (Å²) in [5, 5.41) is 3.25. The molecular formula is C19H34N2O3. The molecule has 0 radical (unpaired) electrons. The van der Waals surface area contributed by atoms with Crippen LogP contribution in [0.2, 0.25) is 0 Å². The van der Waals surface area contributed by atoms with Crippen LogP contribution in [0.1, 0.15) is 65.7 Å². The highest BCUT2D eigenvalue weighted by atomic mass is 16.7. The molecule has 2 aliphatic heterocycles. The van der Waals surface area contributed by atoms with Gasteiger partial charge in [-0.25, -0.2) is 4.79 Å². The highest BCUT2D eigenvalue weighted by Gasteiger charge is 2.40.